The molecular weight excluding hydrogens is 354 g/mol. The lowest BCUT2D eigenvalue weighted by molar-refractivity contribution is -0.143. The minimum absolute atomic E-state index is 0.0395. The number of benzene rings is 1. The molecule has 0 saturated heterocycles. The van der Waals surface area contributed by atoms with E-state index in [1.165, 1.54) is 0 Å². The van der Waals surface area contributed by atoms with Crippen molar-refractivity contribution in [1.82, 2.24) is 9.97 Å². The Hall–Kier alpha value is -2.65. The van der Waals surface area contributed by atoms with Gasteiger partial charge in [-0.05, 0) is 36.6 Å². The molecule has 0 aliphatic heterocycles. The summed E-state index contributed by atoms with van der Waals surface area (Å²) in [6.07, 6.45) is -8.08. The zero-order valence-corrected chi connectivity index (χ0v) is 12.3. The maximum atomic E-state index is 12.8. The van der Waals surface area contributed by atoms with E-state index in [0.717, 1.165) is 12.5 Å². The molecule has 2 rings (SSSR count). The van der Waals surface area contributed by atoms with Gasteiger partial charge in [0, 0.05) is 11.8 Å². The van der Waals surface area contributed by atoms with Gasteiger partial charge >= 0.3 is 18.3 Å². The molecule has 0 spiro atoms. The molecule has 0 bridgehead atoms. The van der Waals surface area contributed by atoms with E-state index in [2.05, 4.69) is 9.97 Å². The molecule has 4 nitrogen and oxygen atoms in total. The second-order valence-electron chi connectivity index (χ2n) is 5.12. The molecule has 1 aromatic heterocycles. The number of hydrogen-bond donors (Lipinski definition) is 1. The first-order chi connectivity index (χ1) is 11.5. The average Bonchev–Trinajstić information content (AvgIpc) is 2.51. The minimum atomic E-state index is -4.93. The number of aromatic nitrogens is 2. The highest BCUT2D eigenvalue weighted by Crippen LogP contribution is 2.36. The van der Waals surface area contributed by atoms with Gasteiger partial charge < -0.3 is 5.11 Å². The third kappa shape index (κ3) is 4.68. The van der Waals surface area contributed by atoms with Gasteiger partial charge in [0.2, 0.25) is 0 Å². The van der Waals surface area contributed by atoms with Crippen molar-refractivity contribution in [2.24, 2.45) is 0 Å². The molecule has 10 heteroatoms. The lowest BCUT2D eigenvalue weighted by atomic mass is 9.99. The molecule has 1 aromatic carbocycles. The number of rotatable bonds is 4. The first-order valence-electron chi connectivity index (χ1n) is 6.79. The number of nitrogens with zero attached hydrogens (tertiary/aromatic N) is 2. The molecule has 0 radical (unpaired) electrons. The summed E-state index contributed by atoms with van der Waals surface area (Å²) in [4.78, 5) is 18.2. The van der Waals surface area contributed by atoms with E-state index in [0.29, 0.717) is 12.1 Å². The Morgan fingerprint density at radius 2 is 1.52 bits per heavy atom. The fourth-order valence-corrected chi connectivity index (χ4v) is 2.18. The molecule has 0 saturated carbocycles. The number of carboxylic acid groups (broad SMARTS) is 1. The number of hydrogen-bond acceptors (Lipinski definition) is 3. The van der Waals surface area contributed by atoms with Crippen molar-refractivity contribution in [1.29, 1.82) is 0 Å². The van der Waals surface area contributed by atoms with Crippen LogP contribution in [-0.4, -0.2) is 21.0 Å². The second kappa shape index (κ2) is 6.69. The van der Waals surface area contributed by atoms with E-state index in [4.69, 9.17) is 5.11 Å². The number of carboxylic acids is 1. The number of aromatic carboxylic acids is 1. The maximum absolute atomic E-state index is 12.8. The van der Waals surface area contributed by atoms with Crippen LogP contribution in [0.1, 0.15) is 32.7 Å². The number of aryl methyl sites for hydroxylation is 2. The summed E-state index contributed by atoms with van der Waals surface area (Å²) in [6, 6.07) is 1.26. The van der Waals surface area contributed by atoms with Crippen LogP contribution in [0.15, 0.2) is 30.7 Å². The molecule has 0 amide bonds. The largest absolute Gasteiger partial charge is 0.477 e. The van der Waals surface area contributed by atoms with Crippen LogP contribution in [0.4, 0.5) is 26.3 Å². The van der Waals surface area contributed by atoms with Crippen LogP contribution in [0, 0.1) is 0 Å². The van der Waals surface area contributed by atoms with E-state index in [-0.39, 0.29) is 35.7 Å². The summed E-state index contributed by atoms with van der Waals surface area (Å²) < 4.78 is 76.8. The summed E-state index contributed by atoms with van der Waals surface area (Å²) >= 11 is 0. The van der Waals surface area contributed by atoms with Crippen LogP contribution in [-0.2, 0) is 25.2 Å². The van der Waals surface area contributed by atoms with Crippen molar-refractivity contribution >= 4 is 5.97 Å². The summed E-state index contributed by atoms with van der Waals surface area (Å²) in [5.74, 6) is -1.36. The lowest BCUT2D eigenvalue weighted by Gasteiger charge is -2.14. The molecule has 0 unspecified atom stereocenters. The summed E-state index contributed by atoms with van der Waals surface area (Å²) in [5.41, 5.74) is -3.29. The molecule has 1 N–H and O–H groups in total. The molecule has 0 aliphatic rings. The van der Waals surface area contributed by atoms with E-state index >= 15 is 0 Å². The topological polar surface area (TPSA) is 63.1 Å². The lowest BCUT2D eigenvalue weighted by Crippen LogP contribution is -2.12. The Labute approximate surface area is 137 Å². The quantitative estimate of drug-likeness (QED) is 0.833. The number of alkyl halides is 6. The summed E-state index contributed by atoms with van der Waals surface area (Å²) in [7, 11) is 0. The van der Waals surface area contributed by atoms with Crippen LogP contribution in [0.2, 0.25) is 0 Å². The normalized spacial score (nSPS) is 12.2. The van der Waals surface area contributed by atoms with E-state index in [1.54, 1.807) is 0 Å². The first-order valence-corrected chi connectivity index (χ1v) is 6.79. The van der Waals surface area contributed by atoms with Crippen molar-refractivity contribution < 1.29 is 36.2 Å². The zero-order valence-electron chi connectivity index (χ0n) is 12.3. The fraction of sp³-hybridized carbons (Fsp3) is 0.267. The molecular formula is C15H10F6N2O2. The van der Waals surface area contributed by atoms with Crippen molar-refractivity contribution in [3.63, 3.8) is 0 Å². The molecule has 0 aliphatic carbocycles. The Balaban J connectivity index is 2.35. The molecule has 0 atom stereocenters. The Bertz CT molecular complexity index is 754. The Kier molecular flexibility index (Phi) is 5.00. The zero-order chi connectivity index (χ0) is 18.8. The van der Waals surface area contributed by atoms with Gasteiger partial charge in [0.05, 0.1) is 11.1 Å². The third-order valence-electron chi connectivity index (χ3n) is 3.32. The van der Waals surface area contributed by atoms with Crippen molar-refractivity contribution in [2.45, 2.75) is 25.2 Å². The van der Waals surface area contributed by atoms with Crippen LogP contribution < -0.4 is 0 Å². The SMILES string of the molecule is O=C(O)c1ncncc1CCc1cc(C(F)(F)F)cc(C(F)(F)F)c1. The highest BCUT2D eigenvalue weighted by atomic mass is 19.4. The number of halogens is 6. The van der Waals surface area contributed by atoms with E-state index in [1.807, 2.05) is 0 Å². The van der Waals surface area contributed by atoms with E-state index < -0.39 is 29.4 Å². The molecule has 25 heavy (non-hydrogen) atoms. The fourth-order valence-electron chi connectivity index (χ4n) is 2.18. The van der Waals surface area contributed by atoms with Gasteiger partial charge in [-0.3, -0.25) is 0 Å². The number of carbonyl (C=O) groups is 1. The van der Waals surface area contributed by atoms with Crippen molar-refractivity contribution in [3.8, 4) is 0 Å². The summed E-state index contributed by atoms with van der Waals surface area (Å²) in [5, 5.41) is 8.98. The van der Waals surface area contributed by atoms with Gasteiger partial charge in [-0.15, -0.1) is 0 Å². The van der Waals surface area contributed by atoms with Crippen LogP contribution in [0.3, 0.4) is 0 Å². The van der Waals surface area contributed by atoms with Crippen LogP contribution >= 0.6 is 0 Å². The van der Waals surface area contributed by atoms with E-state index in [9.17, 15) is 31.1 Å². The Morgan fingerprint density at radius 3 is 2.00 bits per heavy atom. The first kappa shape index (κ1) is 18.7. The van der Waals surface area contributed by atoms with Gasteiger partial charge in [0.25, 0.3) is 0 Å². The maximum Gasteiger partial charge on any atom is 0.416 e. The monoisotopic (exact) mass is 364 g/mol. The van der Waals surface area contributed by atoms with Crippen molar-refractivity contribution in [2.75, 3.05) is 0 Å². The average molecular weight is 364 g/mol. The predicted octanol–water partition coefficient (Wildman–Crippen LogP) is 4.00. The minimum Gasteiger partial charge on any atom is -0.477 e. The van der Waals surface area contributed by atoms with Gasteiger partial charge in [0.1, 0.15) is 6.33 Å². The highest BCUT2D eigenvalue weighted by Gasteiger charge is 2.36. The second-order valence-corrected chi connectivity index (χ2v) is 5.12. The molecule has 2 aromatic rings. The highest BCUT2D eigenvalue weighted by molar-refractivity contribution is 5.86. The predicted molar refractivity (Wildman–Crippen MR) is 72.8 cm³/mol. The third-order valence-corrected chi connectivity index (χ3v) is 3.32. The standard InChI is InChI=1S/C15H10F6N2O2/c16-14(17,18)10-3-8(4-11(5-10)15(19,20)21)1-2-9-6-22-7-23-12(9)13(24)25/h3-7H,1-2H2,(H,24,25). The Morgan fingerprint density at radius 1 is 0.960 bits per heavy atom. The smallest absolute Gasteiger partial charge is 0.416 e. The molecule has 1 heterocycles. The molecule has 134 valence electrons. The van der Waals surface area contributed by atoms with Gasteiger partial charge in [0.15, 0.2) is 5.69 Å². The van der Waals surface area contributed by atoms with Gasteiger partial charge in [-0.25, -0.2) is 14.8 Å². The van der Waals surface area contributed by atoms with Crippen LogP contribution in [0.25, 0.3) is 0 Å². The van der Waals surface area contributed by atoms with Crippen LogP contribution in [0.5, 0.6) is 0 Å². The van der Waals surface area contributed by atoms with Gasteiger partial charge in [-0.2, -0.15) is 26.3 Å². The van der Waals surface area contributed by atoms with Crippen molar-refractivity contribution in [3.05, 3.63) is 58.7 Å². The van der Waals surface area contributed by atoms with Gasteiger partial charge in [-0.1, -0.05) is 0 Å². The molecule has 0 fully saturated rings. The summed E-state index contributed by atoms with van der Waals surface area (Å²) in [6.45, 7) is 0.